The number of carbonyl (C=O) groups is 2. The third kappa shape index (κ3) is 17.3. The zero-order valence-corrected chi connectivity index (χ0v) is 15.6. The van der Waals surface area contributed by atoms with Crippen molar-refractivity contribution in [1.82, 2.24) is 0 Å². The molecule has 0 amide bonds. The molecule has 0 aromatic heterocycles. The van der Waals surface area contributed by atoms with Gasteiger partial charge in [-0.05, 0) is 12.8 Å². The van der Waals surface area contributed by atoms with Crippen molar-refractivity contribution < 1.29 is 23.8 Å². The largest absolute Gasteiger partial charge is 0.464 e. The first-order valence-electron chi connectivity index (χ1n) is 9.59. The Labute approximate surface area is 147 Å². The molecule has 0 heterocycles. The van der Waals surface area contributed by atoms with Crippen LogP contribution in [-0.4, -0.2) is 38.4 Å². The van der Waals surface area contributed by atoms with Gasteiger partial charge in [-0.3, -0.25) is 0 Å². The molecule has 142 valence electrons. The Kier molecular flexibility index (Phi) is 17.4. The molecule has 0 saturated heterocycles. The van der Waals surface area contributed by atoms with Crippen LogP contribution in [0.2, 0.25) is 0 Å². The Morgan fingerprint density at radius 1 is 0.583 bits per heavy atom. The maximum atomic E-state index is 11.4. The molecule has 0 spiro atoms. The standard InChI is InChI=1S/C19H36O5/c1-3-5-7-8-9-10-11-12-13-15-24-19(21)17-22-16-18(20)23-14-6-4-2/h3-17H2,1-2H3. The molecule has 0 aliphatic heterocycles. The Balaban J connectivity index is 3.28. The first kappa shape index (κ1) is 22.9. The molecule has 0 radical (unpaired) electrons. The molecule has 0 N–H and O–H groups in total. The van der Waals surface area contributed by atoms with Gasteiger partial charge in [-0.2, -0.15) is 0 Å². The predicted octanol–water partition coefficient (Wildman–Crippen LogP) is 4.42. The van der Waals surface area contributed by atoms with Crippen LogP contribution in [0.1, 0.15) is 84.5 Å². The van der Waals surface area contributed by atoms with Crippen LogP contribution < -0.4 is 0 Å². The number of ether oxygens (including phenoxy) is 3. The van der Waals surface area contributed by atoms with E-state index in [-0.39, 0.29) is 13.2 Å². The molecule has 24 heavy (non-hydrogen) atoms. The van der Waals surface area contributed by atoms with Crippen molar-refractivity contribution in [1.29, 1.82) is 0 Å². The van der Waals surface area contributed by atoms with Crippen molar-refractivity contribution in [3.05, 3.63) is 0 Å². The zero-order chi connectivity index (χ0) is 17.9. The summed E-state index contributed by atoms with van der Waals surface area (Å²) in [5.74, 6) is -0.855. The van der Waals surface area contributed by atoms with E-state index in [0.29, 0.717) is 13.2 Å². The maximum Gasteiger partial charge on any atom is 0.332 e. The molecular formula is C19H36O5. The predicted molar refractivity (Wildman–Crippen MR) is 94.9 cm³/mol. The molecule has 0 aliphatic rings. The monoisotopic (exact) mass is 344 g/mol. The van der Waals surface area contributed by atoms with Crippen LogP contribution >= 0.6 is 0 Å². The molecule has 0 aliphatic carbocycles. The summed E-state index contributed by atoms with van der Waals surface area (Å²) in [6.45, 7) is 4.69. The Bertz CT molecular complexity index is 304. The second kappa shape index (κ2) is 18.2. The normalized spacial score (nSPS) is 10.6. The van der Waals surface area contributed by atoms with Crippen LogP contribution in [-0.2, 0) is 23.8 Å². The second-order valence-electron chi connectivity index (χ2n) is 6.12. The zero-order valence-electron chi connectivity index (χ0n) is 15.6. The molecule has 0 bridgehead atoms. The minimum atomic E-state index is -0.435. The molecule has 0 atom stereocenters. The lowest BCUT2D eigenvalue weighted by Crippen LogP contribution is -2.19. The van der Waals surface area contributed by atoms with Crippen molar-refractivity contribution >= 4 is 11.9 Å². The number of esters is 2. The summed E-state index contributed by atoms with van der Waals surface area (Å²) in [5.41, 5.74) is 0. The van der Waals surface area contributed by atoms with E-state index in [1.54, 1.807) is 0 Å². The van der Waals surface area contributed by atoms with Crippen LogP contribution in [0.15, 0.2) is 0 Å². The van der Waals surface area contributed by atoms with Gasteiger partial charge in [0.1, 0.15) is 13.2 Å². The van der Waals surface area contributed by atoms with Gasteiger partial charge in [-0.15, -0.1) is 0 Å². The van der Waals surface area contributed by atoms with Crippen molar-refractivity contribution in [2.24, 2.45) is 0 Å². The van der Waals surface area contributed by atoms with Gasteiger partial charge >= 0.3 is 11.9 Å². The number of carbonyl (C=O) groups excluding carboxylic acids is 2. The van der Waals surface area contributed by atoms with Gasteiger partial charge in [0.2, 0.25) is 0 Å². The van der Waals surface area contributed by atoms with Gasteiger partial charge in [-0.1, -0.05) is 71.6 Å². The molecule has 0 aromatic carbocycles. The van der Waals surface area contributed by atoms with Crippen molar-refractivity contribution in [3.8, 4) is 0 Å². The summed E-state index contributed by atoms with van der Waals surface area (Å²) < 4.78 is 15.0. The Hall–Kier alpha value is -1.10. The van der Waals surface area contributed by atoms with E-state index in [1.165, 1.54) is 44.9 Å². The fourth-order valence-electron chi connectivity index (χ4n) is 2.23. The van der Waals surface area contributed by atoms with Gasteiger partial charge in [0, 0.05) is 0 Å². The van der Waals surface area contributed by atoms with Gasteiger partial charge in [0.05, 0.1) is 13.2 Å². The summed E-state index contributed by atoms with van der Waals surface area (Å²) in [4.78, 5) is 22.7. The first-order valence-corrected chi connectivity index (χ1v) is 9.59. The SMILES string of the molecule is CCCCCCCCCCCOC(=O)COCC(=O)OCCCC. The summed E-state index contributed by atoms with van der Waals surface area (Å²) in [7, 11) is 0. The van der Waals surface area contributed by atoms with Gasteiger partial charge in [-0.25, -0.2) is 9.59 Å². The minimum Gasteiger partial charge on any atom is -0.464 e. The van der Waals surface area contributed by atoms with Crippen LogP contribution in [0.3, 0.4) is 0 Å². The fraction of sp³-hybridized carbons (Fsp3) is 0.895. The lowest BCUT2D eigenvalue weighted by molar-refractivity contribution is -0.155. The van der Waals surface area contributed by atoms with Crippen molar-refractivity contribution in [2.45, 2.75) is 84.5 Å². The van der Waals surface area contributed by atoms with Gasteiger partial charge < -0.3 is 14.2 Å². The summed E-state index contributed by atoms with van der Waals surface area (Å²) in [5, 5.41) is 0. The lowest BCUT2D eigenvalue weighted by atomic mass is 10.1. The molecule has 0 unspecified atom stereocenters. The van der Waals surface area contributed by atoms with Crippen LogP contribution in [0.4, 0.5) is 0 Å². The fourth-order valence-corrected chi connectivity index (χ4v) is 2.23. The lowest BCUT2D eigenvalue weighted by Gasteiger charge is -2.06. The number of hydrogen-bond donors (Lipinski definition) is 0. The van der Waals surface area contributed by atoms with E-state index in [4.69, 9.17) is 14.2 Å². The van der Waals surface area contributed by atoms with Crippen LogP contribution in [0.25, 0.3) is 0 Å². The van der Waals surface area contributed by atoms with E-state index in [9.17, 15) is 9.59 Å². The number of unbranched alkanes of at least 4 members (excludes halogenated alkanes) is 9. The van der Waals surface area contributed by atoms with Gasteiger partial charge in [0.25, 0.3) is 0 Å². The third-order valence-corrected chi connectivity index (χ3v) is 3.71. The Morgan fingerprint density at radius 3 is 1.50 bits per heavy atom. The Morgan fingerprint density at radius 2 is 1.00 bits per heavy atom. The average Bonchev–Trinajstić information content (AvgIpc) is 2.57. The van der Waals surface area contributed by atoms with Gasteiger partial charge in [0.15, 0.2) is 0 Å². The third-order valence-electron chi connectivity index (χ3n) is 3.71. The van der Waals surface area contributed by atoms with Crippen LogP contribution in [0.5, 0.6) is 0 Å². The number of rotatable bonds is 17. The molecular weight excluding hydrogens is 308 g/mol. The quantitative estimate of drug-likeness (QED) is 0.289. The van der Waals surface area contributed by atoms with E-state index in [0.717, 1.165) is 25.7 Å². The number of hydrogen-bond acceptors (Lipinski definition) is 5. The second-order valence-corrected chi connectivity index (χ2v) is 6.12. The highest BCUT2D eigenvalue weighted by Gasteiger charge is 2.07. The summed E-state index contributed by atoms with van der Waals surface area (Å²) in [6.07, 6.45) is 12.9. The minimum absolute atomic E-state index is 0.194. The molecule has 0 aromatic rings. The highest BCUT2D eigenvalue weighted by atomic mass is 16.6. The van der Waals surface area contributed by atoms with Crippen molar-refractivity contribution in [3.63, 3.8) is 0 Å². The molecule has 0 saturated carbocycles. The van der Waals surface area contributed by atoms with Crippen LogP contribution in [0, 0.1) is 0 Å². The summed E-state index contributed by atoms with van der Waals surface area (Å²) >= 11 is 0. The summed E-state index contributed by atoms with van der Waals surface area (Å²) in [6, 6.07) is 0. The highest BCUT2D eigenvalue weighted by molar-refractivity contribution is 5.73. The molecule has 5 nitrogen and oxygen atoms in total. The highest BCUT2D eigenvalue weighted by Crippen LogP contribution is 2.09. The molecule has 5 heteroatoms. The van der Waals surface area contributed by atoms with E-state index in [2.05, 4.69) is 6.92 Å². The van der Waals surface area contributed by atoms with E-state index >= 15 is 0 Å². The van der Waals surface area contributed by atoms with Crippen molar-refractivity contribution in [2.75, 3.05) is 26.4 Å². The average molecular weight is 344 g/mol. The topological polar surface area (TPSA) is 61.8 Å². The molecule has 0 rings (SSSR count). The first-order chi connectivity index (χ1) is 11.7. The van der Waals surface area contributed by atoms with E-state index in [1.807, 2.05) is 6.92 Å². The van der Waals surface area contributed by atoms with E-state index < -0.39 is 11.9 Å². The molecule has 0 fully saturated rings. The maximum absolute atomic E-state index is 11.4. The smallest absolute Gasteiger partial charge is 0.332 e.